The summed E-state index contributed by atoms with van der Waals surface area (Å²) in [4.78, 5) is 13.2. The van der Waals surface area contributed by atoms with E-state index >= 15 is 0 Å². The lowest BCUT2D eigenvalue weighted by atomic mass is 9.99. The molecule has 0 aliphatic carbocycles. The number of nitrogens with one attached hydrogen (secondary N) is 1. The van der Waals surface area contributed by atoms with Crippen LogP contribution in [0.1, 0.15) is 348 Å². The molecule has 7 atom stereocenters. The summed E-state index contributed by atoms with van der Waals surface area (Å²) in [5, 5.41) is 54.9. The highest BCUT2D eigenvalue weighted by Crippen LogP contribution is 2.23. The van der Waals surface area contributed by atoms with Crippen molar-refractivity contribution >= 4 is 5.91 Å². The van der Waals surface area contributed by atoms with Gasteiger partial charge in [-0.1, -0.05) is 361 Å². The minimum Gasteiger partial charge on any atom is -0.394 e. The van der Waals surface area contributed by atoms with E-state index in [1.54, 1.807) is 6.08 Å². The topological polar surface area (TPSA) is 149 Å². The minimum absolute atomic E-state index is 0.177. The van der Waals surface area contributed by atoms with Crippen molar-refractivity contribution in [1.29, 1.82) is 0 Å². The molecule has 0 aromatic heterocycles. The van der Waals surface area contributed by atoms with E-state index in [1.807, 2.05) is 6.08 Å². The van der Waals surface area contributed by atoms with Crippen LogP contribution in [0.25, 0.3) is 0 Å². The fourth-order valence-electron chi connectivity index (χ4n) is 11.8. The van der Waals surface area contributed by atoms with Crippen molar-refractivity contribution in [3.05, 3.63) is 97.2 Å². The maximum absolute atomic E-state index is 13.2. The normalized spacial score (nSPS) is 18.4. The van der Waals surface area contributed by atoms with E-state index in [-0.39, 0.29) is 12.5 Å². The summed E-state index contributed by atoms with van der Waals surface area (Å²) >= 11 is 0. The molecule has 6 N–H and O–H groups in total. The van der Waals surface area contributed by atoms with Crippen LogP contribution in [0.2, 0.25) is 0 Å². The molecular weight excluding hydrogens is 1100 g/mol. The van der Waals surface area contributed by atoms with Crippen LogP contribution >= 0.6 is 0 Å². The first-order valence-corrected chi connectivity index (χ1v) is 38.0. The molecule has 0 bridgehead atoms. The average molecular weight is 1250 g/mol. The quantitative estimate of drug-likeness (QED) is 0.0261. The molecule has 1 saturated heterocycles. The predicted molar refractivity (Wildman–Crippen MR) is 382 cm³/mol. The van der Waals surface area contributed by atoms with Crippen LogP contribution < -0.4 is 5.32 Å². The van der Waals surface area contributed by atoms with Crippen molar-refractivity contribution < 1.29 is 39.8 Å². The number of aliphatic hydroxyl groups is 5. The molecule has 1 rings (SSSR count). The van der Waals surface area contributed by atoms with Crippen molar-refractivity contribution in [2.24, 2.45) is 0 Å². The molecule has 1 heterocycles. The number of hydrogen-bond donors (Lipinski definition) is 6. The molecule has 0 aromatic rings. The zero-order valence-electron chi connectivity index (χ0n) is 57.9. The third kappa shape index (κ3) is 56.4. The maximum Gasteiger partial charge on any atom is 0.220 e. The van der Waals surface area contributed by atoms with E-state index < -0.39 is 49.5 Å². The molecular formula is C80H143NO8. The van der Waals surface area contributed by atoms with Crippen LogP contribution in [0.4, 0.5) is 0 Å². The van der Waals surface area contributed by atoms with Crippen LogP contribution in [0.15, 0.2) is 97.2 Å². The number of carbonyl (C=O) groups excluding carboxylic acids is 1. The standard InChI is InChI=1S/C80H143NO8/c1-3-5-7-9-11-13-15-17-19-21-23-25-27-29-31-33-35-36-37-38-40-42-44-46-48-50-52-54-56-58-60-62-64-66-68-70-76(84)81-73(72-88-80-79(87)78(86)77(85)75(71-82)89-80)74(83)69-67-65-63-61-59-57-55-53-51-49-47-45-43-41-39-34-32-30-28-26-24-22-20-18-16-14-12-10-8-6-4-2/h5,7,11,13,17,19,23,25,29,31,35-36,38,40,67,69,73-75,77-80,82-83,85-87H,3-4,6,8-10,12,14-16,18,20-22,24,26-28,30,32-34,37,39,41-66,68,70-72H2,1-2H3,(H,81,84)/b7-5-,13-11-,19-17-,25-23-,31-29-,36-35-,40-38-,69-67+. The summed E-state index contributed by atoms with van der Waals surface area (Å²) in [7, 11) is 0. The summed E-state index contributed by atoms with van der Waals surface area (Å²) in [6.45, 7) is 3.70. The minimum atomic E-state index is -1.57. The van der Waals surface area contributed by atoms with Crippen molar-refractivity contribution in [2.75, 3.05) is 13.2 Å². The van der Waals surface area contributed by atoms with Gasteiger partial charge in [-0.2, -0.15) is 0 Å². The van der Waals surface area contributed by atoms with E-state index in [2.05, 4.69) is 104 Å². The van der Waals surface area contributed by atoms with Gasteiger partial charge in [0.1, 0.15) is 24.4 Å². The lowest BCUT2D eigenvalue weighted by molar-refractivity contribution is -0.302. The Morgan fingerprint density at radius 1 is 0.393 bits per heavy atom. The molecule has 0 spiro atoms. The number of allylic oxidation sites excluding steroid dienone is 15. The van der Waals surface area contributed by atoms with E-state index in [0.717, 1.165) is 83.5 Å². The van der Waals surface area contributed by atoms with Crippen LogP contribution in [0, 0.1) is 0 Å². The average Bonchev–Trinajstić information content (AvgIpc) is 2.28. The summed E-state index contributed by atoms with van der Waals surface area (Å²) < 4.78 is 11.3. The SMILES string of the molecule is CC/C=C\C/C=C\C/C=C\C/C=C\C/C=C\C/C=C\C/C=C\CCCCCCCCCCCCCCCC(=O)NC(COC1OC(CO)C(O)C(O)C1O)C(O)/C=C/CCCCCCCCCCCCCCCCCCCCCCCCCCCCCCC. The van der Waals surface area contributed by atoms with Gasteiger partial charge in [0, 0.05) is 6.42 Å². The van der Waals surface area contributed by atoms with E-state index in [9.17, 15) is 30.3 Å². The molecule has 516 valence electrons. The number of carbonyl (C=O) groups is 1. The van der Waals surface area contributed by atoms with E-state index in [1.165, 1.54) is 244 Å². The molecule has 1 aliphatic rings. The fourth-order valence-corrected chi connectivity index (χ4v) is 11.8. The highest BCUT2D eigenvalue weighted by molar-refractivity contribution is 5.76. The number of ether oxygens (including phenoxy) is 2. The summed E-state index contributed by atoms with van der Waals surface area (Å²) in [5.41, 5.74) is 0. The molecule has 1 fully saturated rings. The van der Waals surface area contributed by atoms with Crippen molar-refractivity contribution in [1.82, 2.24) is 5.32 Å². The molecule has 9 nitrogen and oxygen atoms in total. The second-order valence-corrected chi connectivity index (χ2v) is 26.1. The van der Waals surface area contributed by atoms with Gasteiger partial charge in [-0.25, -0.2) is 0 Å². The third-order valence-corrected chi connectivity index (χ3v) is 17.7. The predicted octanol–water partition coefficient (Wildman–Crippen LogP) is 21.4. The Morgan fingerprint density at radius 2 is 0.697 bits per heavy atom. The Kier molecular flexibility index (Phi) is 64.3. The highest BCUT2D eigenvalue weighted by Gasteiger charge is 2.44. The number of amides is 1. The largest absolute Gasteiger partial charge is 0.394 e. The van der Waals surface area contributed by atoms with Gasteiger partial charge in [-0.15, -0.1) is 0 Å². The number of hydrogen-bond acceptors (Lipinski definition) is 8. The Hall–Kier alpha value is -2.89. The first-order valence-electron chi connectivity index (χ1n) is 38.0. The van der Waals surface area contributed by atoms with Gasteiger partial charge in [0.15, 0.2) is 6.29 Å². The van der Waals surface area contributed by atoms with Gasteiger partial charge in [0.25, 0.3) is 0 Å². The molecule has 89 heavy (non-hydrogen) atoms. The van der Waals surface area contributed by atoms with Crippen molar-refractivity contribution in [2.45, 2.75) is 391 Å². The lowest BCUT2D eigenvalue weighted by Gasteiger charge is -2.40. The summed E-state index contributed by atoms with van der Waals surface area (Å²) in [6.07, 6.45) is 92.4. The van der Waals surface area contributed by atoms with Crippen LogP contribution in [0.5, 0.6) is 0 Å². The second-order valence-electron chi connectivity index (χ2n) is 26.1. The number of rotatable bonds is 66. The van der Waals surface area contributed by atoms with E-state index in [0.29, 0.717) is 6.42 Å². The molecule has 0 saturated carbocycles. The van der Waals surface area contributed by atoms with E-state index in [4.69, 9.17) is 9.47 Å². The van der Waals surface area contributed by atoms with Gasteiger partial charge in [-0.05, 0) is 77.0 Å². The van der Waals surface area contributed by atoms with Gasteiger partial charge in [0.05, 0.1) is 25.4 Å². The molecule has 7 unspecified atom stereocenters. The van der Waals surface area contributed by atoms with Crippen molar-refractivity contribution in [3.63, 3.8) is 0 Å². The number of aliphatic hydroxyl groups excluding tert-OH is 5. The summed E-state index contributed by atoms with van der Waals surface area (Å²) in [5.74, 6) is -0.177. The Morgan fingerprint density at radius 3 is 1.03 bits per heavy atom. The zero-order valence-corrected chi connectivity index (χ0v) is 57.9. The molecule has 9 heteroatoms. The van der Waals surface area contributed by atoms with Crippen LogP contribution in [-0.4, -0.2) is 87.5 Å². The van der Waals surface area contributed by atoms with Gasteiger partial charge >= 0.3 is 0 Å². The fraction of sp³-hybridized carbons (Fsp3) is 0.787. The Bertz CT molecular complexity index is 1730. The molecule has 0 radical (unpaired) electrons. The molecule has 1 amide bonds. The molecule has 1 aliphatic heterocycles. The molecule has 0 aromatic carbocycles. The highest BCUT2D eigenvalue weighted by atomic mass is 16.7. The number of unbranched alkanes of at least 4 members (excludes halogenated alkanes) is 42. The van der Waals surface area contributed by atoms with Gasteiger partial charge < -0.3 is 40.3 Å². The monoisotopic (exact) mass is 1250 g/mol. The Balaban J connectivity index is 2.11. The van der Waals surface area contributed by atoms with Crippen LogP contribution in [-0.2, 0) is 14.3 Å². The van der Waals surface area contributed by atoms with Crippen LogP contribution in [0.3, 0.4) is 0 Å². The van der Waals surface area contributed by atoms with Gasteiger partial charge in [0.2, 0.25) is 5.91 Å². The first kappa shape index (κ1) is 84.1. The first-order chi connectivity index (χ1) is 43.8. The lowest BCUT2D eigenvalue weighted by Crippen LogP contribution is -2.60. The van der Waals surface area contributed by atoms with Crippen molar-refractivity contribution in [3.8, 4) is 0 Å². The third-order valence-electron chi connectivity index (χ3n) is 17.7. The second kappa shape index (κ2) is 68.0. The van der Waals surface area contributed by atoms with Gasteiger partial charge in [-0.3, -0.25) is 4.79 Å². The Labute approximate surface area is 549 Å². The summed E-state index contributed by atoms with van der Waals surface area (Å²) in [6, 6.07) is -0.813. The smallest absolute Gasteiger partial charge is 0.220 e. The zero-order chi connectivity index (χ0) is 64.2. The maximum atomic E-state index is 13.2.